The number of rotatable bonds is 2. The number of pyridine rings is 1. The van der Waals surface area contributed by atoms with Crippen LogP contribution in [0.1, 0.15) is 17.2 Å². The molecule has 0 bridgehead atoms. The second-order valence-electron chi connectivity index (χ2n) is 4.22. The maximum Gasteiger partial charge on any atom is 0.129 e. The molecule has 1 aromatic carbocycles. The first-order chi connectivity index (χ1) is 9.16. The average molecular weight is 291 g/mol. The first kappa shape index (κ1) is 12.4. The molecule has 0 amide bonds. The zero-order valence-corrected chi connectivity index (χ0v) is 11.4. The van der Waals surface area contributed by atoms with Gasteiger partial charge in [0.2, 0.25) is 0 Å². The van der Waals surface area contributed by atoms with Crippen molar-refractivity contribution < 1.29 is 5.11 Å². The molecule has 0 radical (unpaired) electrons. The van der Waals surface area contributed by atoms with Crippen LogP contribution < -0.4 is 5.73 Å². The Hall–Kier alpha value is -1.62. The lowest BCUT2D eigenvalue weighted by molar-refractivity contribution is 0.222. The number of aliphatic hydroxyl groups is 1. The Labute approximate surface area is 119 Å². The summed E-state index contributed by atoms with van der Waals surface area (Å²) in [6.45, 7) is 0. The number of hydrogen-bond donors (Lipinski definition) is 2. The predicted molar refractivity (Wildman–Crippen MR) is 79.5 cm³/mol. The fourth-order valence-electron chi connectivity index (χ4n) is 2.06. The molecule has 96 valence electrons. The van der Waals surface area contributed by atoms with Gasteiger partial charge in [0.05, 0.1) is 5.02 Å². The monoisotopic (exact) mass is 290 g/mol. The zero-order chi connectivity index (χ0) is 13.4. The molecule has 0 saturated carbocycles. The lowest BCUT2D eigenvalue weighted by atomic mass is 10.0. The molecule has 0 spiro atoms. The highest BCUT2D eigenvalue weighted by atomic mass is 35.5. The molecule has 3 N–H and O–H groups in total. The van der Waals surface area contributed by atoms with E-state index in [-0.39, 0.29) is 0 Å². The van der Waals surface area contributed by atoms with Crippen LogP contribution in [0.2, 0.25) is 5.02 Å². The van der Waals surface area contributed by atoms with Crippen LogP contribution in [-0.4, -0.2) is 10.1 Å². The second kappa shape index (κ2) is 4.81. The van der Waals surface area contributed by atoms with Crippen molar-refractivity contribution in [2.75, 3.05) is 5.73 Å². The summed E-state index contributed by atoms with van der Waals surface area (Å²) in [5.41, 5.74) is 7.18. The highest BCUT2D eigenvalue weighted by molar-refractivity contribution is 7.17. The number of aromatic nitrogens is 1. The molecule has 0 fully saturated rings. The zero-order valence-electron chi connectivity index (χ0n) is 9.88. The minimum absolute atomic E-state index is 0.298. The summed E-state index contributed by atoms with van der Waals surface area (Å²) in [5.74, 6) is 0.298. The van der Waals surface area contributed by atoms with E-state index in [0.717, 1.165) is 15.6 Å². The summed E-state index contributed by atoms with van der Waals surface area (Å²) < 4.78 is 1.13. The van der Waals surface area contributed by atoms with Crippen LogP contribution >= 0.6 is 22.9 Å². The van der Waals surface area contributed by atoms with Gasteiger partial charge in [-0.25, -0.2) is 4.98 Å². The van der Waals surface area contributed by atoms with Crippen molar-refractivity contribution in [3.05, 3.63) is 58.1 Å². The van der Waals surface area contributed by atoms with E-state index in [9.17, 15) is 5.11 Å². The van der Waals surface area contributed by atoms with E-state index in [1.54, 1.807) is 17.4 Å². The molecule has 0 aliphatic rings. The molecule has 2 aromatic heterocycles. The molecule has 3 aromatic rings. The van der Waals surface area contributed by atoms with Crippen molar-refractivity contribution in [1.29, 1.82) is 0 Å². The van der Waals surface area contributed by atoms with Gasteiger partial charge in [0.1, 0.15) is 11.9 Å². The fraction of sp³-hybridized carbons (Fsp3) is 0.0714. The largest absolute Gasteiger partial charge is 0.383 e. The van der Waals surface area contributed by atoms with Crippen LogP contribution in [0.25, 0.3) is 10.1 Å². The van der Waals surface area contributed by atoms with Gasteiger partial charge in [-0.05, 0) is 22.9 Å². The van der Waals surface area contributed by atoms with E-state index in [4.69, 9.17) is 17.3 Å². The van der Waals surface area contributed by atoms with E-state index in [1.165, 1.54) is 6.20 Å². The van der Waals surface area contributed by atoms with Gasteiger partial charge in [0.25, 0.3) is 0 Å². The molecule has 5 heteroatoms. The third-order valence-corrected chi connectivity index (χ3v) is 4.20. The third kappa shape index (κ3) is 2.18. The van der Waals surface area contributed by atoms with E-state index in [1.807, 2.05) is 29.6 Å². The lowest BCUT2D eigenvalue weighted by Gasteiger charge is -2.12. The first-order valence-corrected chi connectivity index (χ1v) is 6.97. The lowest BCUT2D eigenvalue weighted by Crippen LogP contribution is -2.05. The number of nitrogen functional groups attached to an aromatic ring is 1. The Morgan fingerprint density at radius 3 is 2.89 bits per heavy atom. The van der Waals surface area contributed by atoms with E-state index in [2.05, 4.69) is 4.98 Å². The number of nitrogens with zero attached hydrogens (tertiary/aromatic N) is 1. The Balaban J connectivity index is 2.13. The quantitative estimate of drug-likeness (QED) is 0.758. The standard InChI is InChI=1S/C14H11ClN2OS/c15-8-5-10(14(16)17-6-8)13(18)11-7-19-12-4-2-1-3-9(11)12/h1-7,13,18H,(H2,16,17). The van der Waals surface area contributed by atoms with Crippen molar-refractivity contribution >= 4 is 38.8 Å². The van der Waals surface area contributed by atoms with Crippen molar-refractivity contribution in [2.24, 2.45) is 0 Å². The molecule has 1 atom stereocenters. The summed E-state index contributed by atoms with van der Waals surface area (Å²) in [5, 5.41) is 13.9. The van der Waals surface area contributed by atoms with Gasteiger partial charge < -0.3 is 10.8 Å². The van der Waals surface area contributed by atoms with E-state index >= 15 is 0 Å². The molecular weight excluding hydrogens is 280 g/mol. The fourth-order valence-corrected chi connectivity index (χ4v) is 3.21. The number of aliphatic hydroxyl groups excluding tert-OH is 1. The number of benzene rings is 1. The van der Waals surface area contributed by atoms with Gasteiger partial charge in [-0.15, -0.1) is 11.3 Å². The van der Waals surface area contributed by atoms with Crippen LogP contribution in [0.4, 0.5) is 5.82 Å². The molecule has 1 unspecified atom stereocenters. The number of thiophene rings is 1. The van der Waals surface area contributed by atoms with Gasteiger partial charge in [-0.1, -0.05) is 29.8 Å². The number of anilines is 1. The van der Waals surface area contributed by atoms with Gasteiger partial charge in [-0.3, -0.25) is 0 Å². The molecule has 19 heavy (non-hydrogen) atoms. The first-order valence-electron chi connectivity index (χ1n) is 5.72. The molecule has 2 heterocycles. The van der Waals surface area contributed by atoms with E-state index in [0.29, 0.717) is 16.4 Å². The highest BCUT2D eigenvalue weighted by Gasteiger charge is 2.18. The number of halogens is 1. The second-order valence-corrected chi connectivity index (χ2v) is 5.57. The van der Waals surface area contributed by atoms with Gasteiger partial charge >= 0.3 is 0 Å². The van der Waals surface area contributed by atoms with Crippen LogP contribution in [-0.2, 0) is 0 Å². The Morgan fingerprint density at radius 2 is 2.05 bits per heavy atom. The SMILES string of the molecule is Nc1ncc(Cl)cc1C(O)c1csc2ccccc12. The maximum atomic E-state index is 10.5. The Morgan fingerprint density at radius 1 is 1.26 bits per heavy atom. The summed E-state index contributed by atoms with van der Waals surface area (Å²) in [6.07, 6.45) is 0.654. The van der Waals surface area contributed by atoms with E-state index < -0.39 is 6.10 Å². The van der Waals surface area contributed by atoms with Crippen molar-refractivity contribution in [3.8, 4) is 0 Å². The third-order valence-electron chi connectivity index (χ3n) is 3.02. The molecule has 3 nitrogen and oxygen atoms in total. The predicted octanol–water partition coefficient (Wildman–Crippen LogP) is 3.61. The van der Waals surface area contributed by atoms with Crippen LogP contribution in [0, 0.1) is 0 Å². The van der Waals surface area contributed by atoms with Crippen LogP contribution in [0.15, 0.2) is 41.9 Å². The smallest absolute Gasteiger partial charge is 0.129 e. The number of nitrogens with two attached hydrogens (primary N) is 1. The van der Waals surface area contributed by atoms with Crippen molar-refractivity contribution in [2.45, 2.75) is 6.10 Å². The molecule has 0 aliphatic heterocycles. The average Bonchev–Trinajstić information content (AvgIpc) is 2.84. The Bertz CT molecular complexity index is 741. The maximum absolute atomic E-state index is 10.5. The van der Waals surface area contributed by atoms with Crippen LogP contribution in [0.5, 0.6) is 0 Å². The molecule has 0 saturated heterocycles. The van der Waals surface area contributed by atoms with Gasteiger partial charge in [-0.2, -0.15) is 0 Å². The topological polar surface area (TPSA) is 59.1 Å². The molecule has 3 rings (SSSR count). The minimum Gasteiger partial charge on any atom is -0.383 e. The van der Waals surface area contributed by atoms with Crippen LogP contribution in [0.3, 0.4) is 0 Å². The highest BCUT2D eigenvalue weighted by Crippen LogP contribution is 2.35. The number of fused-ring (bicyclic) bond motifs is 1. The van der Waals surface area contributed by atoms with Gasteiger partial charge in [0.15, 0.2) is 0 Å². The normalized spacial score (nSPS) is 12.7. The molecular formula is C14H11ClN2OS. The summed E-state index contributed by atoms with van der Waals surface area (Å²) in [6, 6.07) is 9.59. The summed E-state index contributed by atoms with van der Waals surface area (Å²) in [4.78, 5) is 3.98. The molecule has 0 aliphatic carbocycles. The number of hydrogen-bond acceptors (Lipinski definition) is 4. The minimum atomic E-state index is -0.817. The van der Waals surface area contributed by atoms with Crippen molar-refractivity contribution in [3.63, 3.8) is 0 Å². The summed E-state index contributed by atoms with van der Waals surface area (Å²) in [7, 11) is 0. The summed E-state index contributed by atoms with van der Waals surface area (Å²) >= 11 is 7.51. The van der Waals surface area contributed by atoms with Gasteiger partial charge in [0, 0.05) is 22.0 Å². The Kier molecular flexibility index (Phi) is 3.14. The van der Waals surface area contributed by atoms with Crippen molar-refractivity contribution in [1.82, 2.24) is 4.98 Å².